The second-order valence-corrected chi connectivity index (χ2v) is 6.44. The van der Waals surface area contributed by atoms with Crippen LogP contribution in [0.25, 0.3) is 10.8 Å². The second-order valence-electron chi connectivity index (χ2n) is 6.44. The maximum absolute atomic E-state index is 12.7. The SMILES string of the molecule is COc1ccccc1CNC(=O)[C@@H](C)OC(=O)c1ccc(OC)c2ccccc12. The van der Waals surface area contributed by atoms with Crippen molar-refractivity contribution in [2.75, 3.05) is 14.2 Å². The first-order valence-corrected chi connectivity index (χ1v) is 9.21. The lowest BCUT2D eigenvalue weighted by molar-refractivity contribution is -0.129. The van der Waals surface area contributed by atoms with Crippen molar-refractivity contribution in [3.63, 3.8) is 0 Å². The fourth-order valence-corrected chi connectivity index (χ4v) is 3.08. The van der Waals surface area contributed by atoms with Crippen LogP contribution < -0.4 is 14.8 Å². The molecule has 0 aromatic heterocycles. The van der Waals surface area contributed by atoms with Gasteiger partial charge in [-0.25, -0.2) is 4.79 Å². The molecule has 3 aromatic rings. The lowest BCUT2D eigenvalue weighted by Gasteiger charge is -2.16. The first kappa shape index (κ1) is 20.2. The van der Waals surface area contributed by atoms with Gasteiger partial charge in [0, 0.05) is 17.5 Å². The Morgan fingerprint density at radius 1 is 0.862 bits per heavy atom. The molecule has 6 heteroatoms. The fraction of sp³-hybridized carbons (Fsp3) is 0.217. The molecular formula is C23H23NO5. The Labute approximate surface area is 169 Å². The number of nitrogens with one attached hydrogen (secondary N) is 1. The molecule has 0 spiro atoms. The molecule has 0 aliphatic rings. The first-order valence-electron chi connectivity index (χ1n) is 9.21. The smallest absolute Gasteiger partial charge is 0.339 e. The number of carbonyl (C=O) groups is 2. The van der Waals surface area contributed by atoms with Crippen LogP contribution in [0.2, 0.25) is 0 Å². The van der Waals surface area contributed by atoms with E-state index in [1.165, 1.54) is 0 Å². The van der Waals surface area contributed by atoms with Gasteiger partial charge in [-0.3, -0.25) is 4.79 Å². The van der Waals surface area contributed by atoms with Crippen molar-refractivity contribution in [3.05, 3.63) is 71.8 Å². The lowest BCUT2D eigenvalue weighted by Crippen LogP contribution is -2.35. The summed E-state index contributed by atoms with van der Waals surface area (Å²) in [6.45, 7) is 1.82. The summed E-state index contributed by atoms with van der Waals surface area (Å²) in [5.41, 5.74) is 1.22. The van der Waals surface area contributed by atoms with E-state index in [1.807, 2.05) is 48.5 Å². The molecule has 1 amide bonds. The highest BCUT2D eigenvalue weighted by Crippen LogP contribution is 2.29. The molecule has 150 valence electrons. The Morgan fingerprint density at radius 3 is 2.24 bits per heavy atom. The molecule has 0 fully saturated rings. The van der Waals surface area contributed by atoms with Gasteiger partial charge in [0.2, 0.25) is 0 Å². The summed E-state index contributed by atoms with van der Waals surface area (Å²) in [7, 11) is 3.15. The highest BCUT2D eigenvalue weighted by molar-refractivity contribution is 6.06. The van der Waals surface area contributed by atoms with Crippen molar-refractivity contribution in [1.82, 2.24) is 5.32 Å². The number of methoxy groups -OCH3 is 2. The third kappa shape index (κ3) is 4.48. The van der Waals surface area contributed by atoms with Crippen LogP contribution in [0.3, 0.4) is 0 Å². The summed E-state index contributed by atoms with van der Waals surface area (Å²) in [5.74, 6) is 0.396. The third-order valence-electron chi connectivity index (χ3n) is 4.62. The van der Waals surface area contributed by atoms with Crippen molar-refractivity contribution in [2.24, 2.45) is 0 Å². The molecule has 29 heavy (non-hydrogen) atoms. The van der Waals surface area contributed by atoms with Crippen LogP contribution in [0.15, 0.2) is 60.7 Å². The van der Waals surface area contributed by atoms with Crippen LogP contribution in [0.1, 0.15) is 22.8 Å². The van der Waals surface area contributed by atoms with E-state index in [9.17, 15) is 9.59 Å². The van der Waals surface area contributed by atoms with Crippen molar-refractivity contribution in [1.29, 1.82) is 0 Å². The normalized spacial score (nSPS) is 11.6. The average Bonchev–Trinajstić information content (AvgIpc) is 2.76. The summed E-state index contributed by atoms with van der Waals surface area (Å²) < 4.78 is 16.0. The zero-order valence-electron chi connectivity index (χ0n) is 16.6. The van der Waals surface area contributed by atoms with E-state index in [4.69, 9.17) is 14.2 Å². The predicted octanol–water partition coefficient (Wildman–Crippen LogP) is 3.72. The van der Waals surface area contributed by atoms with Gasteiger partial charge in [-0.15, -0.1) is 0 Å². The van der Waals surface area contributed by atoms with Gasteiger partial charge in [-0.1, -0.05) is 42.5 Å². The number of fused-ring (bicyclic) bond motifs is 1. The van der Waals surface area contributed by atoms with Crippen molar-refractivity contribution in [3.8, 4) is 11.5 Å². The summed E-state index contributed by atoms with van der Waals surface area (Å²) in [6.07, 6.45) is -0.946. The monoisotopic (exact) mass is 393 g/mol. The van der Waals surface area contributed by atoms with E-state index >= 15 is 0 Å². The van der Waals surface area contributed by atoms with Crippen molar-refractivity contribution in [2.45, 2.75) is 19.6 Å². The first-order chi connectivity index (χ1) is 14.0. The number of rotatable bonds is 7. The van der Waals surface area contributed by atoms with Crippen LogP contribution in [0, 0.1) is 0 Å². The van der Waals surface area contributed by atoms with Crippen LogP contribution >= 0.6 is 0 Å². The minimum atomic E-state index is -0.946. The van der Waals surface area contributed by atoms with E-state index < -0.39 is 12.1 Å². The van der Waals surface area contributed by atoms with E-state index in [-0.39, 0.29) is 12.5 Å². The molecule has 0 aliphatic heterocycles. The number of benzene rings is 3. The summed E-state index contributed by atoms with van der Waals surface area (Å²) in [6, 6.07) is 18.1. The molecule has 6 nitrogen and oxygen atoms in total. The van der Waals surface area contributed by atoms with Gasteiger partial charge >= 0.3 is 5.97 Å². The number of carbonyl (C=O) groups excluding carboxylic acids is 2. The molecule has 1 atom stereocenters. The minimum Gasteiger partial charge on any atom is -0.496 e. The van der Waals surface area contributed by atoms with Gasteiger partial charge in [0.05, 0.1) is 19.8 Å². The molecule has 0 bridgehead atoms. The predicted molar refractivity (Wildman–Crippen MR) is 110 cm³/mol. The number of hydrogen-bond acceptors (Lipinski definition) is 5. The standard InChI is InChI=1S/C23H23NO5/c1-15(22(25)24-14-16-8-4-7-11-20(16)27-2)29-23(26)19-12-13-21(28-3)18-10-6-5-9-17(18)19/h4-13,15H,14H2,1-3H3,(H,24,25)/t15-/m1/s1. The van der Waals surface area contributed by atoms with Crippen LogP contribution in [0.4, 0.5) is 0 Å². The van der Waals surface area contributed by atoms with E-state index in [2.05, 4.69) is 5.32 Å². The van der Waals surface area contributed by atoms with Gasteiger partial charge in [0.1, 0.15) is 11.5 Å². The summed E-state index contributed by atoms with van der Waals surface area (Å²) in [4.78, 5) is 25.1. The molecule has 0 heterocycles. The molecular weight excluding hydrogens is 370 g/mol. The zero-order valence-corrected chi connectivity index (χ0v) is 16.6. The van der Waals surface area contributed by atoms with Gasteiger partial charge < -0.3 is 19.5 Å². The zero-order chi connectivity index (χ0) is 20.8. The molecule has 0 radical (unpaired) electrons. The molecule has 0 saturated heterocycles. The Balaban J connectivity index is 1.69. The molecule has 3 aromatic carbocycles. The highest BCUT2D eigenvalue weighted by Gasteiger charge is 2.21. The largest absolute Gasteiger partial charge is 0.496 e. The van der Waals surface area contributed by atoms with Gasteiger partial charge in [0.15, 0.2) is 6.10 Å². The van der Waals surface area contributed by atoms with E-state index in [0.29, 0.717) is 22.4 Å². The maximum Gasteiger partial charge on any atom is 0.339 e. The molecule has 0 saturated carbocycles. The summed E-state index contributed by atoms with van der Waals surface area (Å²) >= 11 is 0. The fourth-order valence-electron chi connectivity index (χ4n) is 3.08. The highest BCUT2D eigenvalue weighted by atomic mass is 16.5. The number of amides is 1. The molecule has 0 aliphatic carbocycles. The van der Waals surface area contributed by atoms with Crippen molar-refractivity contribution < 1.29 is 23.8 Å². The van der Waals surface area contributed by atoms with Gasteiger partial charge in [-0.05, 0) is 30.5 Å². The summed E-state index contributed by atoms with van der Waals surface area (Å²) in [5, 5.41) is 4.28. The number of ether oxygens (including phenoxy) is 3. The molecule has 0 unspecified atom stereocenters. The maximum atomic E-state index is 12.7. The molecule has 3 rings (SSSR count). The molecule has 1 N–H and O–H groups in total. The Hall–Kier alpha value is -3.54. The Kier molecular flexibility index (Phi) is 6.34. The topological polar surface area (TPSA) is 73.9 Å². The lowest BCUT2D eigenvalue weighted by atomic mass is 10.0. The van der Waals surface area contributed by atoms with Crippen LogP contribution in [0.5, 0.6) is 11.5 Å². The number of esters is 1. The quantitative estimate of drug-likeness (QED) is 0.620. The van der Waals surface area contributed by atoms with E-state index in [0.717, 1.165) is 10.9 Å². The van der Waals surface area contributed by atoms with Gasteiger partial charge in [-0.2, -0.15) is 0 Å². The minimum absolute atomic E-state index is 0.274. The number of hydrogen-bond donors (Lipinski definition) is 1. The van der Waals surface area contributed by atoms with Crippen LogP contribution in [-0.2, 0) is 16.1 Å². The van der Waals surface area contributed by atoms with E-state index in [1.54, 1.807) is 33.3 Å². The third-order valence-corrected chi connectivity index (χ3v) is 4.62. The van der Waals surface area contributed by atoms with Crippen molar-refractivity contribution >= 4 is 22.6 Å². The Bertz CT molecular complexity index is 1030. The average molecular weight is 393 g/mol. The van der Waals surface area contributed by atoms with Crippen LogP contribution in [-0.4, -0.2) is 32.2 Å². The number of para-hydroxylation sites is 1. The van der Waals surface area contributed by atoms with Gasteiger partial charge in [0.25, 0.3) is 5.91 Å². The Morgan fingerprint density at radius 2 is 1.52 bits per heavy atom. The second kappa shape index (κ2) is 9.10.